The molecule has 0 fully saturated rings. The highest BCUT2D eigenvalue weighted by Crippen LogP contribution is 2.28. The Balaban J connectivity index is 1.98. The highest BCUT2D eigenvalue weighted by molar-refractivity contribution is 6.00. The molecule has 3 rings (SSSR count). The molecule has 0 aliphatic carbocycles. The van der Waals surface area contributed by atoms with E-state index in [0.717, 1.165) is 16.3 Å². The van der Waals surface area contributed by atoms with Crippen LogP contribution in [0.1, 0.15) is 15.9 Å². The van der Waals surface area contributed by atoms with Gasteiger partial charge in [-0.05, 0) is 23.1 Å². The van der Waals surface area contributed by atoms with E-state index in [0.29, 0.717) is 17.9 Å². The molecule has 0 aliphatic heterocycles. The van der Waals surface area contributed by atoms with Crippen molar-refractivity contribution in [3.63, 3.8) is 0 Å². The summed E-state index contributed by atoms with van der Waals surface area (Å²) in [6, 6.07) is 21.2. The van der Waals surface area contributed by atoms with Crippen LogP contribution in [0, 0.1) is 0 Å². The van der Waals surface area contributed by atoms with Gasteiger partial charge in [-0.2, -0.15) is 0 Å². The van der Waals surface area contributed by atoms with Crippen LogP contribution in [-0.4, -0.2) is 5.91 Å². The Morgan fingerprint density at radius 3 is 2.43 bits per heavy atom. The number of fused-ring (bicyclic) bond motifs is 1. The first-order valence-electron chi connectivity index (χ1n) is 6.73. The van der Waals surface area contributed by atoms with Gasteiger partial charge in [-0.25, -0.2) is 0 Å². The second-order valence-corrected chi connectivity index (χ2v) is 4.83. The normalized spacial score (nSPS) is 10.5. The second-order valence-electron chi connectivity index (χ2n) is 4.83. The predicted molar refractivity (Wildman–Crippen MR) is 83.2 cm³/mol. The van der Waals surface area contributed by atoms with Crippen molar-refractivity contribution >= 4 is 16.7 Å². The standard InChI is InChI=1S/C18H15NO2/c19-18(20)15-10-14-8-4-5-9-16(14)17(11-15)21-12-13-6-2-1-3-7-13/h1-11H,12H2,(H2,19,20). The first-order chi connectivity index (χ1) is 10.2. The average Bonchev–Trinajstić information content (AvgIpc) is 2.53. The largest absolute Gasteiger partial charge is 0.488 e. The van der Waals surface area contributed by atoms with Gasteiger partial charge in [0.25, 0.3) is 0 Å². The zero-order chi connectivity index (χ0) is 14.7. The molecule has 0 unspecified atom stereocenters. The van der Waals surface area contributed by atoms with E-state index in [1.807, 2.05) is 54.6 Å². The van der Waals surface area contributed by atoms with Gasteiger partial charge < -0.3 is 10.5 Å². The molecular weight excluding hydrogens is 262 g/mol. The van der Waals surface area contributed by atoms with Gasteiger partial charge in [-0.3, -0.25) is 4.79 Å². The number of ether oxygens (including phenoxy) is 1. The summed E-state index contributed by atoms with van der Waals surface area (Å²) in [5.41, 5.74) is 6.92. The van der Waals surface area contributed by atoms with E-state index in [1.54, 1.807) is 12.1 Å². The molecule has 0 saturated carbocycles. The molecule has 0 aromatic heterocycles. The lowest BCUT2D eigenvalue weighted by Crippen LogP contribution is -2.11. The number of rotatable bonds is 4. The van der Waals surface area contributed by atoms with Crippen LogP contribution in [0.3, 0.4) is 0 Å². The Labute approximate surface area is 123 Å². The lowest BCUT2D eigenvalue weighted by molar-refractivity contribution is 0.1000. The number of benzene rings is 3. The Morgan fingerprint density at radius 2 is 1.67 bits per heavy atom. The van der Waals surface area contributed by atoms with Crippen LogP contribution in [-0.2, 0) is 6.61 Å². The average molecular weight is 277 g/mol. The van der Waals surface area contributed by atoms with E-state index in [9.17, 15) is 4.79 Å². The van der Waals surface area contributed by atoms with Crippen molar-refractivity contribution in [2.45, 2.75) is 6.61 Å². The van der Waals surface area contributed by atoms with Crippen molar-refractivity contribution < 1.29 is 9.53 Å². The van der Waals surface area contributed by atoms with Crippen LogP contribution in [0.25, 0.3) is 10.8 Å². The zero-order valence-electron chi connectivity index (χ0n) is 11.5. The van der Waals surface area contributed by atoms with Gasteiger partial charge >= 0.3 is 0 Å². The number of carbonyl (C=O) groups excluding carboxylic acids is 1. The Morgan fingerprint density at radius 1 is 0.952 bits per heavy atom. The lowest BCUT2D eigenvalue weighted by Gasteiger charge is -2.11. The lowest BCUT2D eigenvalue weighted by atomic mass is 10.1. The molecule has 0 spiro atoms. The second kappa shape index (κ2) is 5.67. The maximum absolute atomic E-state index is 11.4. The van der Waals surface area contributed by atoms with Crippen LogP contribution in [0.2, 0.25) is 0 Å². The summed E-state index contributed by atoms with van der Waals surface area (Å²) in [6.07, 6.45) is 0. The maximum atomic E-state index is 11.4. The number of hydrogen-bond acceptors (Lipinski definition) is 2. The van der Waals surface area contributed by atoms with E-state index in [2.05, 4.69) is 0 Å². The van der Waals surface area contributed by atoms with Gasteiger partial charge in [0.2, 0.25) is 5.91 Å². The summed E-state index contributed by atoms with van der Waals surface area (Å²) in [7, 11) is 0. The van der Waals surface area contributed by atoms with Crippen molar-refractivity contribution in [2.75, 3.05) is 0 Å². The number of hydrogen-bond donors (Lipinski definition) is 1. The molecule has 1 amide bonds. The third-order valence-electron chi connectivity index (χ3n) is 3.35. The summed E-state index contributed by atoms with van der Waals surface area (Å²) in [5.74, 6) is 0.219. The highest BCUT2D eigenvalue weighted by Gasteiger charge is 2.08. The SMILES string of the molecule is NC(=O)c1cc(OCc2ccccc2)c2ccccc2c1. The van der Waals surface area contributed by atoms with Gasteiger partial charge in [0.1, 0.15) is 12.4 Å². The molecule has 0 heterocycles. The fourth-order valence-electron chi connectivity index (χ4n) is 2.27. The number of nitrogens with two attached hydrogens (primary N) is 1. The number of amides is 1. The molecule has 3 heteroatoms. The molecule has 3 nitrogen and oxygen atoms in total. The van der Waals surface area contributed by atoms with Crippen molar-refractivity contribution in [3.8, 4) is 5.75 Å². The molecule has 0 aliphatic rings. The minimum atomic E-state index is -0.453. The van der Waals surface area contributed by atoms with E-state index >= 15 is 0 Å². The van der Waals surface area contributed by atoms with Crippen molar-refractivity contribution in [1.29, 1.82) is 0 Å². The molecule has 0 bridgehead atoms. The summed E-state index contributed by atoms with van der Waals surface area (Å²) in [6.45, 7) is 0.451. The topological polar surface area (TPSA) is 52.3 Å². The van der Waals surface area contributed by atoms with Gasteiger partial charge in [0, 0.05) is 10.9 Å². The third-order valence-corrected chi connectivity index (χ3v) is 3.35. The van der Waals surface area contributed by atoms with Crippen molar-refractivity contribution in [2.24, 2.45) is 5.73 Å². The Hall–Kier alpha value is -2.81. The molecule has 0 radical (unpaired) electrons. The fraction of sp³-hybridized carbons (Fsp3) is 0.0556. The molecule has 21 heavy (non-hydrogen) atoms. The van der Waals surface area contributed by atoms with Gasteiger partial charge in [0.15, 0.2) is 0 Å². The fourth-order valence-corrected chi connectivity index (χ4v) is 2.27. The molecular formula is C18H15NO2. The van der Waals surface area contributed by atoms with Gasteiger partial charge in [-0.15, -0.1) is 0 Å². The Kier molecular flexibility index (Phi) is 3.56. The monoisotopic (exact) mass is 277 g/mol. The molecule has 104 valence electrons. The summed E-state index contributed by atoms with van der Waals surface area (Å²) in [5, 5.41) is 1.91. The molecule has 0 atom stereocenters. The van der Waals surface area contributed by atoms with Crippen LogP contribution >= 0.6 is 0 Å². The van der Waals surface area contributed by atoms with E-state index in [1.165, 1.54) is 0 Å². The molecule has 3 aromatic rings. The molecule has 0 saturated heterocycles. The highest BCUT2D eigenvalue weighted by atomic mass is 16.5. The smallest absolute Gasteiger partial charge is 0.248 e. The van der Waals surface area contributed by atoms with Crippen LogP contribution < -0.4 is 10.5 Å². The number of primary amides is 1. The van der Waals surface area contributed by atoms with E-state index in [4.69, 9.17) is 10.5 Å². The summed E-state index contributed by atoms with van der Waals surface area (Å²) in [4.78, 5) is 11.4. The van der Waals surface area contributed by atoms with Crippen molar-refractivity contribution in [3.05, 3.63) is 77.9 Å². The predicted octanol–water partition coefficient (Wildman–Crippen LogP) is 3.52. The molecule has 2 N–H and O–H groups in total. The first-order valence-corrected chi connectivity index (χ1v) is 6.73. The minimum Gasteiger partial charge on any atom is -0.488 e. The first kappa shape index (κ1) is 13.2. The van der Waals surface area contributed by atoms with Crippen molar-refractivity contribution in [1.82, 2.24) is 0 Å². The zero-order valence-corrected chi connectivity index (χ0v) is 11.5. The van der Waals surface area contributed by atoms with Crippen LogP contribution in [0.4, 0.5) is 0 Å². The van der Waals surface area contributed by atoms with Gasteiger partial charge in [-0.1, -0.05) is 54.6 Å². The summed E-state index contributed by atoms with van der Waals surface area (Å²) < 4.78 is 5.89. The van der Waals surface area contributed by atoms with E-state index < -0.39 is 5.91 Å². The quantitative estimate of drug-likeness (QED) is 0.793. The third kappa shape index (κ3) is 2.87. The summed E-state index contributed by atoms with van der Waals surface area (Å²) >= 11 is 0. The van der Waals surface area contributed by atoms with Crippen LogP contribution in [0.5, 0.6) is 5.75 Å². The van der Waals surface area contributed by atoms with Gasteiger partial charge in [0.05, 0.1) is 0 Å². The minimum absolute atomic E-state index is 0.451. The maximum Gasteiger partial charge on any atom is 0.248 e. The Bertz CT molecular complexity index is 782. The van der Waals surface area contributed by atoms with Crippen LogP contribution in [0.15, 0.2) is 66.7 Å². The number of carbonyl (C=O) groups is 1. The van der Waals surface area contributed by atoms with E-state index in [-0.39, 0.29) is 0 Å². The molecule has 3 aromatic carbocycles.